The zero-order chi connectivity index (χ0) is 15.7. The zero-order valence-corrected chi connectivity index (χ0v) is 11.7. The van der Waals surface area contributed by atoms with Gasteiger partial charge in [0, 0.05) is 11.1 Å². The first-order chi connectivity index (χ1) is 10.5. The average molecular weight is 297 g/mol. The number of carbonyl (C=O) groups is 1. The highest BCUT2D eigenvalue weighted by Gasteiger charge is 2.14. The van der Waals surface area contributed by atoms with E-state index in [9.17, 15) is 14.0 Å². The van der Waals surface area contributed by atoms with Gasteiger partial charge in [0.15, 0.2) is 0 Å². The molecule has 0 atom stereocenters. The van der Waals surface area contributed by atoms with Crippen LogP contribution in [-0.4, -0.2) is 5.91 Å². The van der Waals surface area contributed by atoms with E-state index in [0.29, 0.717) is 16.5 Å². The molecule has 0 fully saturated rings. The largest absolute Gasteiger partial charge is 0.422 e. The molecule has 3 rings (SSSR count). The fraction of sp³-hybridized carbons (Fsp3) is 0.0588. The van der Waals surface area contributed by atoms with Crippen molar-refractivity contribution in [2.45, 2.75) is 6.92 Å². The third kappa shape index (κ3) is 2.61. The van der Waals surface area contributed by atoms with Crippen molar-refractivity contribution < 1.29 is 13.6 Å². The zero-order valence-electron chi connectivity index (χ0n) is 11.7. The number of para-hydroxylation sites is 1. The number of hydrogen-bond donors (Lipinski definition) is 1. The van der Waals surface area contributed by atoms with Crippen LogP contribution >= 0.6 is 0 Å². The van der Waals surface area contributed by atoms with Gasteiger partial charge in [-0.1, -0.05) is 24.3 Å². The second kappa shape index (κ2) is 5.44. The second-order valence-electron chi connectivity index (χ2n) is 4.90. The van der Waals surface area contributed by atoms with E-state index in [1.54, 1.807) is 43.3 Å². The van der Waals surface area contributed by atoms with Gasteiger partial charge in [-0.25, -0.2) is 9.18 Å². The molecule has 4 nitrogen and oxygen atoms in total. The Labute approximate surface area is 125 Å². The number of amides is 1. The van der Waals surface area contributed by atoms with Gasteiger partial charge in [0.05, 0.1) is 0 Å². The van der Waals surface area contributed by atoms with Crippen molar-refractivity contribution >= 4 is 22.6 Å². The summed E-state index contributed by atoms with van der Waals surface area (Å²) in [5.74, 6) is -1.06. The predicted octanol–water partition coefficient (Wildman–Crippen LogP) is 3.49. The Hall–Kier alpha value is -2.95. The van der Waals surface area contributed by atoms with Crippen LogP contribution < -0.4 is 10.9 Å². The number of anilines is 1. The van der Waals surface area contributed by atoms with Crippen molar-refractivity contribution in [3.05, 3.63) is 75.9 Å². The molecule has 0 unspecified atom stereocenters. The van der Waals surface area contributed by atoms with Gasteiger partial charge in [0.1, 0.15) is 17.0 Å². The molecule has 1 aromatic heterocycles. The highest BCUT2D eigenvalue weighted by atomic mass is 19.1. The molecule has 0 aliphatic carbocycles. The number of halogens is 1. The molecule has 3 aromatic rings. The number of hydrogen-bond acceptors (Lipinski definition) is 3. The maximum atomic E-state index is 13.5. The van der Waals surface area contributed by atoms with E-state index in [0.717, 1.165) is 0 Å². The van der Waals surface area contributed by atoms with Crippen LogP contribution in [0.1, 0.15) is 15.9 Å². The maximum Gasteiger partial charge on any atom is 0.349 e. The van der Waals surface area contributed by atoms with Gasteiger partial charge < -0.3 is 9.73 Å². The lowest BCUT2D eigenvalue weighted by molar-refractivity contribution is 0.102. The van der Waals surface area contributed by atoms with E-state index in [1.807, 2.05) is 0 Å². The topological polar surface area (TPSA) is 59.3 Å². The number of carbonyl (C=O) groups excluding carboxylic acids is 1. The van der Waals surface area contributed by atoms with Crippen LogP contribution in [0.2, 0.25) is 0 Å². The molecule has 0 saturated heterocycles. The summed E-state index contributed by atoms with van der Waals surface area (Å²) in [6.07, 6.45) is 0. The highest BCUT2D eigenvalue weighted by molar-refractivity contribution is 6.05. The molecule has 0 saturated carbocycles. The molecule has 0 aliphatic heterocycles. The summed E-state index contributed by atoms with van der Waals surface area (Å²) in [5, 5.41) is 3.13. The van der Waals surface area contributed by atoms with Crippen LogP contribution in [0.5, 0.6) is 0 Å². The fourth-order valence-corrected chi connectivity index (χ4v) is 2.09. The molecular weight excluding hydrogens is 285 g/mol. The van der Waals surface area contributed by atoms with Crippen LogP contribution in [0, 0.1) is 12.7 Å². The van der Waals surface area contributed by atoms with E-state index < -0.39 is 17.3 Å². The molecule has 1 heterocycles. The Morgan fingerprint density at radius 1 is 1.14 bits per heavy atom. The quantitative estimate of drug-likeness (QED) is 0.737. The fourth-order valence-electron chi connectivity index (χ4n) is 2.09. The Morgan fingerprint density at radius 2 is 1.91 bits per heavy atom. The minimum absolute atomic E-state index is 0.125. The average Bonchev–Trinajstić information content (AvgIpc) is 2.50. The lowest BCUT2D eigenvalue weighted by Gasteiger charge is -2.06. The van der Waals surface area contributed by atoms with Crippen LogP contribution in [-0.2, 0) is 0 Å². The SMILES string of the molecule is Cc1ccc(NC(=O)c2cc3ccccc3oc2=O)cc1F. The van der Waals surface area contributed by atoms with Crippen molar-refractivity contribution in [3.8, 4) is 0 Å². The van der Waals surface area contributed by atoms with E-state index in [1.165, 1.54) is 12.1 Å². The van der Waals surface area contributed by atoms with Gasteiger partial charge >= 0.3 is 5.63 Å². The predicted molar refractivity (Wildman–Crippen MR) is 81.6 cm³/mol. The van der Waals surface area contributed by atoms with Gasteiger partial charge in [0.25, 0.3) is 5.91 Å². The summed E-state index contributed by atoms with van der Waals surface area (Å²) in [6, 6.07) is 12.7. The lowest BCUT2D eigenvalue weighted by atomic mass is 10.1. The summed E-state index contributed by atoms with van der Waals surface area (Å²) in [5.41, 5.74) is 0.303. The lowest BCUT2D eigenvalue weighted by Crippen LogP contribution is -2.20. The molecule has 0 bridgehead atoms. The van der Waals surface area contributed by atoms with Gasteiger partial charge in [-0.2, -0.15) is 0 Å². The minimum Gasteiger partial charge on any atom is -0.422 e. The van der Waals surface area contributed by atoms with Crippen LogP contribution in [0.25, 0.3) is 11.0 Å². The minimum atomic E-state index is -0.733. The van der Waals surface area contributed by atoms with Gasteiger partial charge in [-0.15, -0.1) is 0 Å². The molecule has 1 N–H and O–H groups in total. The van der Waals surface area contributed by atoms with Gasteiger partial charge in [-0.05, 0) is 36.8 Å². The summed E-state index contributed by atoms with van der Waals surface area (Å²) in [6.45, 7) is 1.62. The van der Waals surface area contributed by atoms with E-state index in [4.69, 9.17) is 4.42 Å². The second-order valence-corrected chi connectivity index (χ2v) is 4.90. The van der Waals surface area contributed by atoms with Crippen LogP contribution in [0.15, 0.2) is 57.7 Å². The van der Waals surface area contributed by atoms with Crippen LogP contribution in [0.4, 0.5) is 10.1 Å². The molecule has 0 radical (unpaired) electrons. The monoisotopic (exact) mass is 297 g/mol. The van der Waals surface area contributed by atoms with E-state index in [-0.39, 0.29) is 11.3 Å². The van der Waals surface area contributed by atoms with E-state index in [2.05, 4.69) is 5.32 Å². The number of aryl methyl sites for hydroxylation is 1. The number of nitrogens with one attached hydrogen (secondary N) is 1. The van der Waals surface area contributed by atoms with Gasteiger partial charge in [-0.3, -0.25) is 4.79 Å². The first kappa shape index (κ1) is 14.0. The van der Waals surface area contributed by atoms with E-state index >= 15 is 0 Å². The van der Waals surface area contributed by atoms with Crippen molar-refractivity contribution in [3.63, 3.8) is 0 Å². The maximum absolute atomic E-state index is 13.5. The van der Waals surface area contributed by atoms with Crippen molar-refractivity contribution in [1.82, 2.24) is 0 Å². The molecule has 0 aliphatic rings. The Balaban J connectivity index is 1.96. The van der Waals surface area contributed by atoms with Gasteiger partial charge in [0.2, 0.25) is 0 Å². The molecular formula is C17H12FNO3. The third-order valence-electron chi connectivity index (χ3n) is 3.32. The molecule has 5 heteroatoms. The third-order valence-corrected chi connectivity index (χ3v) is 3.32. The summed E-state index contributed by atoms with van der Waals surface area (Å²) >= 11 is 0. The number of fused-ring (bicyclic) bond motifs is 1. The van der Waals surface area contributed by atoms with Crippen LogP contribution in [0.3, 0.4) is 0 Å². The highest BCUT2D eigenvalue weighted by Crippen LogP contribution is 2.16. The summed E-state index contributed by atoms with van der Waals surface area (Å²) in [4.78, 5) is 24.1. The first-order valence-electron chi connectivity index (χ1n) is 6.65. The smallest absolute Gasteiger partial charge is 0.349 e. The Kier molecular flexibility index (Phi) is 3.47. The molecule has 22 heavy (non-hydrogen) atoms. The van der Waals surface area contributed by atoms with Crippen molar-refractivity contribution in [2.75, 3.05) is 5.32 Å². The Bertz CT molecular complexity index is 931. The normalized spacial score (nSPS) is 10.6. The molecule has 110 valence electrons. The first-order valence-corrected chi connectivity index (χ1v) is 6.65. The van der Waals surface area contributed by atoms with Crippen molar-refractivity contribution in [2.24, 2.45) is 0 Å². The molecule has 1 amide bonds. The van der Waals surface area contributed by atoms with Crippen molar-refractivity contribution in [1.29, 1.82) is 0 Å². The summed E-state index contributed by atoms with van der Waals surface area (Å²) in [7, 11) is 0. The standard InChI is InChI=1S/C17H12FNO3/c1-10-6-7-12(9-14(10)18)19-16(20)13-8-11-4-2-3-5-15(11)22-17(13)21/h2-9H,1H3,(H,19,20). The molecule has 2 aromatic carbocycles. The Morgan fingerprint density at radius 3 is 2.68 bits per heavy atom. The number of rotatable bonds is 2. The molecule has 0 spiro atoms. The number of benzene rings is 2. The summed E-state index contributed by atoms with van der Waals surface area (Å²) < 4.78 is 18.6.